The SMILES string of the molecule is O=C(COC(=O)c1cccc(O)c1)NC1CCN(Cc2ccccc2)CC1. The van der Waals surface area contributed by atoms with E-state index in [1.54, 1.807) is 6.07 Å². The van der Waals surface area contributed by atoms with Gasteiger partial charge in [0.2, 0.25) is 0 Å². The van der Waals surface area contributed by atoms with E-state index in [0.717, 1.165) is 32.5 Å². The van der Waals surface area contributed by atoms with Crippen LogP contribution >= 0.6 is 0 Å². The smallest absolute Gasteiger partial charge is 0.338 e. The van der Waals surface area contributed by atoms with E-state index in [1.165, 1.54) is 23.8 Å². The van der Waals surface area contributed by atoms with E-state index in [0.29, 0.717) is 0 Å². The highest BCUT2D eigenvalue weighted by molar-refractivity contribution is 5.91. The topological polar surface area (TPSA) is 78.9 Å². The molecular formula is C21H24N2O4. The van der Waals surface area contributed by atoms with Crippen LogP contribution in [0.15, 0.2) is 54.6 Å². The minimum atomic E-state index is -0.626. The highest BCUT2D eigenvalue weighted by Crippen LogP contribution is 2.14. The Hall–Kier alpha value is -2.86. The number of nitrogens with one attached hydrogen (secondary N) is 1. The normalized spacial score (nSPS) is 15.3. The first kappa shape index (κ1) is 18.9. The highest BCUT2D eigenvalue weighted by Gasteiger charge is 2.21. The van der Waals surface area contributed by atoms with E-state index < -0.39 is 5.97 Å². The van der Waals surface area contributed by atoms with Gasteiger partial charge in [-0.2, -0.15) is 0 Å². The lowest BCUT2D eigenvalue weighted by atomic mass is 10.0. The van der Waals surface area contributed by atoms with Gasteiger partial charge in [0, 0.05) is 25.7 Å². The average molecular weight is 368 g/mol. The van der Waals surface area contributed by atoms with Crippen molar-refractivity contribution in [2.75, 3.05) is 19.7 Å². The maximum absolute atomic E-state index is 12.0. The number of likely N-dealkylation sites (tertiary alicyclic amines) is 1. The summed E-state index contributed by atoms with van der Waals surface area (Å²) in [6, 6.07) is 16.3. The first-order valence-corrected chi connectivity index (χ1v) is 9.12. The summed E-state index contributed by atoms with van der Waals surface area (Å²) in [5.74, 6) is -0.945. The Morgan fingerprint density at radius 2 is 1.81 bits per heavy atom. The second-order valence-corrected chi connectivity index (χ2v) is 6.73. The zero-order valence-electron chi connectivity index (χ0n) is 15.1. The number of phenolic OH excluding ortho intramolecular Hbond substituents is 1. The van der Waals surface area contributed by atoms with Crippen molar-refractivity contribution < 1.29 is 19.4 Å². The Morgan fingerprint density at radius 1 is 1.07 bits per heavy atom. The van der Waals surface area contributed by atoms with Gasteiger partial charge in [-0.25, -0.2) is 4.79 Å². The lowest BCUT2D eigenvalue weighted by Crippen LogP contribution is -2.45. The molecule has 1 heterocycles. The predicted molar refractivity (Wildman–Crippen MR) is 101 cm³/mol. The molecular weight excluding hydrogens is 344 g/mol. The second kappa shape index (κ2) is 9.19. The Bertz CT molecular complexity index is 771. The summed E-state index contributed by atoms with van der Waals surface area (Å²) in [6.45, 7) is 2.44. The van der Waals surface area contributed by atoms with Crippen LogP contribution in [-0.4, -0.2) is 47.6 Å². The van der Waals surface area contributed by atoms with Gasteiger partial charge < -0.3 is 15.2 Å². The quantitative estimate of drug-likeness (QED) is 0.765. The molecule has 1 aliphatic heterocycles. The maximum Gasteiger partial charge on any atom is 0.338 e. The number of ether oxygens (including phenoxy) is 1. The summed E-state index contributed by atoms with van der Waals surface area (Å²) in [7, 11) is 0. The summed E-state index contributed by atoms with van der Waals surface area (Å²) in [4.78, 5) is 26.3. The van der Waals surface area contributed by atoms with Crippen molar-refractivity contribution in [3.05, 3.63) is 65.7 Å². The number of carbonyl (C=O) groups is 2. The van der Waals surface area contributed by atoms with Crippen LogP contribution in [-0.2, 0) is 16.1 Å². The number of rotatable bonds is 6. The van der Waals surface area contributed by atoms with Gasteiger partial charge in [0.15, 0.2) is 6.61 Å². The largest absolute Gasteiger partial charge is 0.508 e. The molecule has 0 unspecified atom stereocenters. The van der Waals surface area contributed by atoms with Gasteiger partial charge >= 0.3 is 5.97 Å². The third-order valence-corrected chi connectivity index (χ3v) is 4.62. The molecule has 1 aliphatic rings. The zero-order chi connectivity index (χ0) is 19.1. The lowest BCUT2D eigenvalue weighted by Gasteiger charge is -2.32. The first-order valence-electron chi connectivity index (χ1n) is 9.12. The number of amides is 1. The third-order valence-electron chi connectivity index (χ3n) is 4.62. The molecule has 1 fully saturated rings. The number of carbonyl (C=O) groups excluding carboxylic acids is 2. The molecule has 142 valence electrons. The molecule has 0 aliphatic carbocycles. The molecule has 2 N–H and O–H groups in total. The Morgan fingerprint density at radius 3 is 2.52 bits per heavy atom. The molecule has 1 saturated heterocycles. The number of nitrogens with zero attached hydrogens (tertiary/aromatic N) is 1. The number of piperidine rings is 1. The van der Waals surface area contributed by atoms with E-state index in [-0.39, 0.29) is 29.9 Å². The Balaban J connectivity index is 1.37. The molecule has 3 rings (SSSR count). The van der Waals surface area contributed by atoms with E-state index >= 15 is 0 Å². The molecule has 6 heteroatoms. The molecule has 0 atom stereocenters. The number of hydrogen-bond donors (Lipinski definition) is 2. The van der Waals surface area contributed by atoms with Gasteiger partial charge in [0.25, 0.3) is 5.91 Å². The second-order valence-electron chi connectivity index (χ2n) is 6.73. The van der Waals surface area contributed by atoms with Crippen LogP contribution in [0.5, 0.6) is 5.75 Å². The molecule has 0 radical (unpaired) electrons. The van der Waals surface area contributed by atoms with Crippen molar-refractivity contribution >= 4 is 11.9 Å². The van der Waals surface area contributed by atoms with Crippen molar-refractivity contribution in [3.8, 4) is 5.75 Å². The molecule has 2 aromatic carbocycles. The Kier molecular flexibility index (Phi) is 6.44. The monoisotopic (exact) mass is 368 g/mol. The third kappa shape index (κ3) is 5.82. The lowest BCUT2D eigenvalue weighted by molar-refractivity contribution is -0.125. The fourth-order valence-electron chi connectivity index (χ4n) is 3.19. The number of aromatic hydroxyl groups is 1. The Labute approximate surface area is 158 Å². The molecule has 0 aromatic heterocycles. The van der Waals surface area contributed by atoms with Gasteiger partial charge in [-0.15, -0.1) is 0 Å². The van der Waals surface area contributed by atoms with Crippen LogP contribution in [0.25, 0.3) is 0 Å². The van der Waals surface area contributed by atoms with Crippen LogP contribution in [0.4, 0.5) is 0 Å². The minimum absolute atomic E-state index is 0.0174. The first-order chi connectivity index (χ1) is 13.1. The van der Waals surface area contributed by atoms with E-state index in [1.807, 2.05) is 18.2 Å². The molecule has 6 nitrogen and oxygen atoms in total. The number of hydrogen-bond acceptors (Lipinski definition) is 5. The highest BCUT2D eigenvalue weighted by atomic mass is 16.5. The van der Waals surface area contributed by atoms with Crippen LogP contribution in [0.2, 0.25) is 0 Å². The zero-order valence-corrected chi connectivity index (χ0v) is 15.1. The number of esters is 1. The van der Waals surface area contributed by atoms with E-state index in [4.69, 9.17) is 4.74 Å². The minimum Gasteiger partial charge on any atom is -0.508 e. The van der Waals surface area contributed by atoms with Gasteiger partial charge in [-0.1, -0.05) is 36.4 Å². The molecule has 27 heavy (non-hydrogen) atoms. The summed E-state index contributed by atoms with van der Waals surface area (Å²) >= 11 is 0. The summed E-state index contributed by atoms with van der Waals surface area (Å²) in [5, 5.41) is 12.3. The molecule has 0 saturated carbocycles. The molecule has 0 bridgehead atoms. The van der Waals surface area contributed by atoms with E-state index in [2.05, 4.69) is 22.3 Å². The summed E-state index contributed by atoms with van der Waals surface area (Å²) in [6.07, 6.45) is 1.75. The van der Waals surface area contributed by atoms with Gasteiger partial charge in [0.1, 0.15) is 5.75 Å². The fourth-order valence-corrected chi connectivity index (χ4v) is 3.19. The van der Waals surface area contributed by atoms with Gasteiger partial charge in [0.05, 0.1) is 5.56 Å². The van der Waals surface area contributed by atoms with Gasteiger partial charge in [-0.3, -0.25) is 9.69 Å². The van der Waals surface area contributed by atoms with Gasteiger partial charge in [-0.05, 0) is 36.6 Å². The van der Waals surface area contributed by atoms with Crippen LogP contribution < -0.4 is 5.32 Å². The van der Waals surface area contributed by atoms with Crippen LogP contribution in [0.3, 0.4) is 0 Å². The average Bonchev–Trinajstić information content (AvgIpc) is 2.68. The van der Waals surface area contributed by atoms with E-state index in [9.17, 15) is 14.7 Å². The molecule has 1 amide bonds. The molecule has 2 aromatic rings. The van der Waals surface area contributed by atoms with Crippen molar-refractivity contribution in [1.82, 2.24) is 10.2 Å². The summed E-state index contributed by atoms with van der Waals surface area (Å²) in [5.41, 5.74) is 1.51. The van der Waals surface area contributed by atoms with Crippen molar-refractivity contribution in [2.24, 2.45) is 0 Å². The number of phenols is 1. The van der Waals surface area contributed by atoms with Crippen molar-refractivity contribution in [1.29, 1.82) is 0 Å². The van der Waals surface area contributed by atoms with Crippen LogP contribution in [0, 0.1) is 0 Å². The predicted octanol–water partition coefficient (Wildman–Crippen LogP) is 2.33. The van der Waals surface area contributed by atoms with Crippen molar-refractivity contribution in [2.45, 2.75) is 25.4 Å². The summed E-state index contributed by atoms with van der Waals surface area (Å²) < 4.78 is 5.01. The maximum atomic E-state index is 12.0. The number of benzene rings is 2. The van der Waals surface area contributed by atoms with Crippen LogP contribution in [0.1, 0.15) is 28.8 Å². The van der Waals surface area contributed by atoms with Crippen molar-refractivity contribution in [3.63, 3.8) is 0 Å². The molecule has 0 spiro atoms. The fraction of sp³-hybridized carbons (Fsp3) is 0.333. The standard InChI is InChI=1S/C21H24N2O4/c24-19-8-4-7-17(13-19)21(26)27-15-20(25)22-18-9-11-23(12-10-18)14-16-5-2-1-3-6-16/h1-8,13,18,24H,9-12,14-15H2,(H,22,25).